The van der Waals surface area contributed by atoms with Gasteiger partial charge in [0.1, 0.15) is 0 Å². The summed E-state index contributed by atoms with van der Waals surface area (Å²) in [6.45, 7) is 2.24. The molecule has 2 aliphatic rings. The van der Waals surface area contributed by atoms with Crippen molar-refractivity contribution in [1.82, 2.24) is 0 Å². The van der Waals surface area contributed by atoms with Gasteiger partial charge in [0.2, 0.25) is 0 Å². The second kappa shape index (κ2) is 3.89. The number of rotatable bonds is 3. The van der Waals surface area contributed by atoms with Crippen molar-refractivity contribution in [3.63, 3.8) is 0 Å². The largest absolute Gasteiger partial charge is 0.144 e. The minimum atomic E-state index is 0.635. The molecule has 0 aliphatic heterocycles. The molecule has 1 heterocycles. The molecule has 2 aliphatic carbocycles. The fourth-order valence-electron chi connectivity index (χ4n) is 2.97. The molecule has 0 spiro atoms. The van der Waals surface area contributed by atoms with E-state index < -0.39 is 0 Å². The van der Waals surface area contributed by atoms with Crippen molar-refractivity contribution in [2.24, 2.45) is 17.8 Å². The monoisotopic (exact) mass is 284 g/mol. The summed E-state index contributed by atoms with van der Waals surface area (Å²) in [6.07, 6.45) is 5.65. The summed E-state index contributed by atoms with van der Waals surface area (Å²) in [6, 6.07) is 4.62. The standard InChI is InChI=1S/C13H17BrS/c1-2-11-3-4-12(15-11)13(14)10-6-8-5-9(8)7-10/h3-4,8-10,13H,2,5-7H2,1H3. The summed E-state index contributed by atoms with van der Waals surface area (Å²) in [5.74, 6) is 3.11. The smallest absolute Gasteiger partial charge is 0.0517 e. The normalized spacial score (nSPS) is 35.2. The van der Waals surface area contributed by atoms with Crippen LogP contribution >= 0.6 is 27.3 Å². The van der Waals surface area contributed by atoms with Crippen LogP contribution in [0.5, 0.6) is 0 Å². The zero-order valence-corrected chi connectivity index (χ0v) is 11.5. The van der Waals surface area contributed by atoms with Crippen LogP contribution in [0.1, 0.15) is 40.8 Å². The zero-order valence-electron chi connectivity index (χ0n) is 9.08. The predicted octanol–water partition coefficient (Wildman–Crippen LogP) is 4.79. The molecule has 0 aromatic carbocycles. The SMILES string of the molecule is CCc1ccc(C(Br)C2CC3CC3C2)s1. The lowest BCUT2D eigenvalue weighted by atomic mass is 9.99. The van der Waals surface area contributed by atoms with Gasteiger partial charge in [-0.05, 0) is 55.6 Å². The molecule has 3 unspecified atom stereocenters. The van der Waals surface area contributed by atoms with Crippen LogP contribution in [0.15, 0.2) is 12.1 Å². The van der Waals surface area contributed by atoms with Crippen LogP contribution in [0, 0.1) is 17.8 Å². The van der Waals surface area contributed by atoms with Crippen LogP contribution in [0.25, 0.3) is 0 Å². The maximum atomic E-state index is 3.91. The number of halogens is 1. The lowest BCUT2D eigenvalue weighted by molar-refractivity contribution is 0.485. The van der Waals surface area contributed by atoms with Crippen LogP contribution in [0.4, 0.5) is 0 Å². The number of fused-ring (bicyclic) bond motifs is 1. The summed E-state index contributed by atoms with van der Waals surface area (Å²) in [5.41, 5.74) is 0. The molecular weight excluding hydrogens is 268 g/mol. The number of thiophene rings is 1. The van der Waals surface area contributed by atoms with Gasteiger partial charge in [0.25, 0.3) is 0 Å². The van der Waals surface area contributed by atoms with Gasteiger partial charge in [-0.15, -0.1) is 11.3 Å². The Morgan fingerprint density at radius 2 is 2.07 bits per heavy atom. The Morgan fingerprint density at radius 3 is 2.67 bits per heavy atom. The molecule has 3 atom stereocenters. The lowest BCUT2D eigenvalue weighted by Gasteiger charge is -2.17. The molecule has 0 radical (unpaired) electrons. The van der Waals surface area contributed by atoms with E-state index in [-0.39, 0.29) is 0 Å². The molecular formula is C13H17BrS. The first kappa shape index (κ1) is 10.3. The van der Waals surface area contributed by atoms with E-state index in [1.165, 1.54) is 30.6 Å². The average Bonchev–Trinajstić information content (AvgIpc) is 2.73. The highest BCUT2D eigenvalue weighted by Crippen LogP contribution is 2.59. The van der Waals surface area contributed by atoms with Crippen molar-refractivity contribution in [2.45, 2.75) is 37.4 Å². The fourth-order valence-corrected chi connectivity index (χ4v) is 4.85. The van der Waals surface area contributed by atoms with Gasteiger partial charge < -0.3 is 0 Å². The van der Waals surface area contributed by atoms with Crippen LogP contribution in [0.2, 0.25) is 0 Å². The second-order valence-corrected chi connectivity index (χ2v) is 7.23. The Balaban J connectivity index is 1.70. The highest BCUT2D eigenvalue weighted by molar-refractivity contribution is 9.09. The fraction of sp³-hybridized carbons (Fsp3) is 0.692. The molecule has 0 bridgehead atoms. The van der Waals surface area contributed by atoms with E-state index in [4.69, 9.17) is 0 Å². The molecule has 0 amide bonds. The average molecular weight is 285 g/mol. The van der Waals surface area contributed by atoms with Gasteiger partial charge in [0.05, 0.1) is 4.83 Å². The van der Waals surface area contributed by atoms with E-state index in [0.717, 1.165) is 17.8 Å². The molecule has 0 nitrogen and oxygen atoms in total. The molecule has 82 valence electrons. The summed E-state index contributed by atoms with van der Waals surface area (Å²) < 4.78 is 0. The minimum Gasteiger partial charge on any atom is -0.144 e. The van der Waals surface area contributed by atoms with Crippen molar-refractivity contribution in [3.8, 4) is 0 Å². The van der Waals surface area contributed by atoms with E-state index >= 15 is 0 Å². The highest BCUT2D eigenvalue weighted by atomic mass is 79.9. The molecule has 2 saturated carbocycles. The summed E-state index contributed by atoms with van der Waals surface area (Å²) >= 11 is 5.91. The van der Waals surface area contributed by atoms with Gasteiger partial charge >= 0.3 is 0 Å². The van der Waals surface area contributed by atoms with Crippen LogP contribution in [-0.2, 0) is 6.42 Å². The number of aryl methyl sites for hydroxylation is 1. The third-order valence-corrected chi connectivity index (χ3v) is 6.85. The Hall–Kier alpha value is 0.180. The van der Waals surface area contributed by atoms with Crippen molar-refractivity contribution in [1.29, 1.82) is 0 Å². The zero-order chi connectivity index (χ0) is 10.4. The molecule has 1 aromatic heterocycles. The van der Waals surface area contributed by atoms with E-state index in [1.807, 2.05) is 11.3 Å². The van der Waals surface area contributed by atoms with Crippen LogP contribution in [-0.4, -0.2) is 0 Å². The lowest BCUT2D eigenvalue weighted by Crippen LogP contribution is -2.03. The van der Waals surface area contributed by atoms with Crippen molar-refractivity contribution >= 4 is 27.3 Å². The molecule has 2 fully saturated rings. The molecule has 2 heteroatoms. The van der Waals surface area contributed by atoms with Gasteiger partial charge in [-0.1, -0.05) is 22.9 Å². The van der Waals surface area contributed by atoms with E-state index in [9.17, 15) is 0 Å². The Labute approximate surface area is 104 Å². The predicted molar refractivity (Wildman–Crippen MR) is 69.7 cm³/mol. The first-order chi connectivity index (χ1) is 7.28. The van der Waals surface area contributed by atoms with Gasteiger partial charge in [-0.3, -0.25) is 0 Å². The minimum absolute atomic E-state index is 0.635. The van der Waals surface area contributed by atoms with Crippen molar-refractivity contribution < 1.29 is 0 Å². The van der Waals surface area contributed by atoms with Gasteiger partial charge in [-0.25, -0.2) is 0 Å². The van der Waals surface area contributed by atoms with E-state index in [2.05, 4.69) is 35.0 Å². The topological polar surface area (TPSA) is 0 Å². The van der Waals surface area contributed by atoms with E-state index in [1.54, 1.807) is 4.88 Å². The summed E-state index contributed by atoms with van der Waals surface area (Å²) in [5, 5.41) is 0. The Morgan fingerprint density at radius 1 is 1.33 bits per heavy atom. The first-order valence-corrected chi connectivity index (χ1v) is 7.73. The maximum absolute atomic E-state index is 3.91. The Bertz CT molecular complexity index is 347. The Kier molecular flexibility index (Phi) is 2.68. The molecule has 1 aromatic rings. The third-order valence-electron chi connectivity index (χ3n) is 4.00. The van der Waals surface area contributed by atoms with Crippen LogP contribution in [0.3, 0.4) is 0 Å². The number of hydrogen-bond acceptors (Lipinski definition) is 1. The van der Waals surface area contributed by atoms with E-state index in [0.29, 0.717) is 4.83 Å². The van der Waals surface area contributed by atoms with Gasteiger partial charge in [-0.2, -0.15) is 0 Å². The second-order valence-electron chi connectivity index (χ2n) is 5.05. The van der Waals surface area contributed by atoms with Gasteiger partial charge in [0.15, 0.2) is 0 Å². The quantitative estimate of drug-likeness (QED) is 0.700. The first-order valence-electron chi connectivity index (χ1n) is 6.00. The molecule has 15 heavy (non-hydrogen) atoms. The highest BCUT2D eigenvalue weighted by Gasteiger charge is 2.47. The molecule has 0 saturated heterocycles. The van der Waals surface area contributed by atoms with Crippen molar-refractivity contribution in [2.75, 3.05) is 0 Å². The maximum Gasteiger partial charge on any atom is 0.0517 e. The number of hydrogen-bond donors (Lipinski definition) is 0. The number of alkyl halides is 1. The third kappa shape index (κ3) is 1.91. The molecule has 3 rings (SSSR count). The summed E-state index contributed by atoms with van der Waals surface area (Å²) in [7, 11) is 0. The summed E-state index contributed by atoms with van der Waals surface area (Å²) in [4.78, 5) is 3.71. The van der Waals surface area contributed by atoms with Gasteiger partial charge in [0, 0.05) is 9.75 Å². The molecule has 0 N–H and O–H groups in total. The van der Waals surface area contributed by atoms with Crippen LogP contribution < -0.4 is 0 Å². The van der Waals surface area contributed by atoms with Crippen molar-refractivity contribution in [3.05, 3.63) is 21.9 Å².